The zero-order valence-electron chi connectivity index (χ0n) is 14.9. The van der Waals surface area contributed by atoms with Crippen molar-refractivity contribution in [2.75, 3.05) is 32.1 Å². The smallest absolute Gasteiger partial charge is 0.225 e. The average Bonchev–Trinajstić information content (AvgIpc) is 3.38. The number of nitrogens with zero attached hydrogens (tertiary/aromatic N) is 5. The fraction of sp³-hybridized carbons (Fsp3) is 0.526. The van der Waals surface area contributed by atoms with E-state index in [-0.39, 0.29) is 11.8 Å². The topological polar surface area (TPSA) is 54.3 Å². The van der Waals surface area contributed by atoms with Crippen molar-refractivity contribution in [3.05, 3.63) is 36.4 Å². The lowest BCUT2D eigenvalue weighted by molar-refractivity contribution is -0.133. The van der Waals surface area contributed by atoms with E-state index < -0.39 is 0 Å². The first-order valence-electron chi connectivity index (χ1n) is 9.08. The van der Waals surface area contributed by atoms with Gasteiger partial charge < -0.3 is 9.80 Å². The zero-order chi connectivity index (χ0) is 17.4. The average molecular weight is 339 g/mol. The predicted molar refractivity (Wildman–Crippen MR) is 97.0 cm³/mol. The number of amides is 1. The Morgan fingerprint density at radius 3 is 2.56 bits per heavy atom. The summed E-state index contributed by atoms with van der Waals surface area (Å²) in [5.41, 5.74) is 3.50. The minimum absolute atomic E-state index is 0.137. The van der Waals surface area contributed by atoms with Crippen LogP contribution in [0.2, 0.25) is 0 Å². The first kappa shape index (κ1) is 16.1. The maximum Gasteiger partial charge on any atom is 0.225 e. The first-order chi connectivity index (χ1) is 12.1. The normalized spacial score (nSPS) is 18.4. The van der Waals surface area contributed by atoms with Gasteiger partial charge in [0, 0.05) is 45.5 Å². The molecule has 2 aromatic heterocycles. The van der Waals surface area contributed by atoms with Crippen LogP contribution >= 0.6 is 0 Å². The van der Waals surface area contributed by atoms with Crippen molar-refractivity contribution >= 4 is 11.6 Å². The molecule has 2 aromatic rings. The van der Waals surface area contributed by atoms with Gasteiger partial charge >= 0.3 is 0 Å². The minimum Gasteiger partial charge on any atom is -0.368 e. The van der Waals surface area contributed by atoms with E-state index in [9.17, 15) is 4.79 Å². The number of anilines is 1. The fourth-order valence-electron chi connectivity index (χ4n) is 3.64. The van der Waals surface area contributed by atoms with Gasteiger partial charge in [0.2, 0.25) is 5.91 Å². The van der Waals surface area contributed by atoms with Crippen LogP contribution in [0.5, 0.6) is 0 Å². The Morgan fingerprint density at radius 1 is 1.12 bits per heavy atom. The SMILES string of the molecule is CN(C)C(=O)C1CCN(c2cnccc2-n2cc(C3CC3)cn2)CC1. The minimum atomic E-state index is 0.137. The number of piperidine rings is 1. The van der Waals surface area contributed by atoms with Crippen molar-refractivity contribution in [1.82, 2.24) is 19.7 Å². The summed E-state index contributed by atoms with van der Waals surface area (Å²) in [6.07, 6.45) is 12.2. The Balaban J connectivity index is 1.52. The highest BCUT2D eigenvalue weighted by Crippen LogP contribution is 2.40. The quantitative estimate of drug-likeness (QED) is 0.859. The number of pyridine rings is 1. The lowest BCUT2D eigenvalue weighted by atomic mass is 9.95. The highest BCUT2D eigenvalue weighted by atomic mass is 16.2. The standard InChI is InChI=1S/C19H25N5O/c1-22(2)19(25)15-6-9-23(10-7-15)18-12-20-8-5-17(18)24-13-16(11-21-24)14-3-4-14/h5,8,11-15H,3-4,6-7,9-10H2,1-2H3. The second-order valence-corrected chi connectivity index (χ2v) is 7.35. The molecule has 0 spiro atoms. The van der Waals surface area contributed by atoms with Gasteiger partial charge in [-0.1, -0.05) is 0 Å². The molecule has 0 N–H and O–H groups in total. The molecule has 2 fully saturated rings. The highest BCUT2D eigenvalue weighted by molar-refractivity contribution is 5.78. The Morgan fingerprint density at radius 2 is 1.88 bits per heavy atom. The van der Waals surface area contributed by atoms with Crippen LogP contribution in [0.4, 0.5) is 5.69 Å². The molecule has 25 heavy (non-hydrogen) atoms. The summed E-state index contributed by atoms with van der Waals surface area (Å²) in [5, 5.41) is 4.57. The molecule has 0 radical (unpaired) electrons. The van der Waals surface area contributed by atoms with Crippen LogP contribution in [0, 0.1) is 5.92 Å². The van der Waals surface area contributed by atoms with Gasteiger partial charge in [0.25, 0.3) is 0 Å². The second kappa shape index (κ2) is 6.50. The molecule has 6 nitrogen and oxygen atoms in total. The molecule has 1 aliphatic carbocycles. The van der Waals surface area contributed by atoms with Gasteiger partial charge in [0.1, 0.15) is 0 Å². The molecule has 132 valence electrons. The maximum absolute atomic E-state index is 12.2. The molecule has 0 aromatic carbocycles. The summed E-state index contributed by atoms with van der Waals surface area (Å²) in [6, 6.07) is 2.02. The van der Waals surface area contributed by atoms with Gasteiger partial charge in [0.15, 0.2) is 0 Å². The Hall–Kier alpha value is -2.37. The van der Waals surface area contributed by atoms with Gasteiger partial charge in [-0.05, 0) is 43.2 Å². The Labute approximate surface area is 148 Å². The summed E-state index contributed by atoms with van der Waals surface area (Å²) in [4.78, 5) is 20.5. The molecule has 1 saturated heterocycles. The molecule has 0 bridgehead atoms. The largest absolute Gasteiger partial charge is 0.368 e. The molecular formula is C19H25N5O. The lowest BCUT2D eigenvalue weighted by Gasteiger charge is -2.34. The van der Waals surface area contributed by atoms with Crippen molar-refractivity contribution in [1.29, 1.82) is 0 Å². The van der Waals surface area contributed by atoms with Crippen LogP contribution in [0.3, 0.4) is 0 Å². The lowest BCUT2D eigenvalue weighted by Crippen LogP contribution is -2.40. The van der Waals surface area contributed by atoms with Crippen LogP contribution in [0.1, 0.15) is 37.2 Å². The van der Waals surface area contributed by atoms with Gasteiger partial charge in [-0.15, -0.1) is 0 Å². The molecule has 6 heteroatoms. The fourth-order valence-corrected chi connectivity index (χ4v) is 3.64. The van der Waals surface area contributed by atoms with E-state index in [1.807, 2.05) is 43.4 Å². The van der Waals surface area contributed by atoms with E-state index in [1.54, 1.807) is 4.90 Å². The number of carbonyl (C=O) groups excluding carboxylic acids is 1. The summed E-state index contributed by atoms with van der Waals surface area (Å²) < 4.78 is 1.97. The van der Waals surface area contributed by atoms with E-state index in [0.717, 1.165) is 37.3 Å². The van der Waals surface area contributed by atoms with Gasteiger partial charge in [-0.25, -0.2) is 4.68 Å². The molecule has 1 aliphatic heterocycles. The van der Waals surface area contributed by atoms with Crippen LogP contribution < -0.4 is 4.90 Å². The summed E-state index contributed by atoms with van der Waals surface area (Å²) in [7, 11) is 3.67. The van der Waals surface area contributed by atoms with E-state index in [4.69, 9.17) is 0 Å². The van der Waals surface area contributed by atoms with E-state index >= 15 is 0 Å². The molecule has 2 aliphatic rings. The van der Waals surface area contributed by atoms with Crippen LogP contribution in [-0.4, -0.2) is 52.8 Å². The van der Waals surface area contributed by atoms with Crippen LogP contribution in [0.25, 0.3) is 5.69 Å². The molecule has 1 amide bonds. The molecule has 3 heterocycles. The first-order valence-corrected chi connectivity index (χ1v) is 9.08. The zero-order valence-corrected chi connectivity index (χ0v) is 14.9. The van der Waals surface area contributed by atoms with Crippen molar-refractivity contribution in [3.8, 4) is 5.69 Å². The third-order valence-corrected chi connectivity index (χ3v) is 5.30. The molecule has 4 rings (SSSR count). The third-order valence-electron chi connectivity index (χ3n) is 5.30. The van der Waals surface area contributed by atoms with E-state index in [1.165, 1.54) is 18.4 Å². The molecular weight excluding hydrogens is 314 g/mol. The maximum atomic E-state index is 12.2. The Kier molecular flexibility index (Phi) is 4.19. The monoisotopic (exact) mass is 339 g/mol. The summed E-state index contributed by atoms with van der Waals surface area (Å²) in [5.74, 6) is 1.08. The van der Waals surface area contributed by atoms with Crippen molar-refractivity contribution in [2.45, 2.75) is 31.6 Å². The number of hydrogen-bond donors (Lipinski definition) is 0. The Bertz CT molecular complexity index is 757. The summed E-state index contributed by atoms with van der Waals surface area (Å²) >= 11 is 0. The third kappa shape index (κ3) is 3.25. The van der Waals surface area contributed by atoms with Crippen molar-refractivity contribution in [2.24, 2.45) is 5.92 Å². The number of rotatable bonds is 4. The molecule has 1 saturated carbocycles. The number of hydrogen-bond acceptors (Lipinski definition) is 4. The number of aromatic nitrogens is 3. The highest BCUT2D eigenvalue weighted by Gasteiger charge is 2.28. The van der Waals surface area contributed by atoms with Gasteiger partial charge in [-0.2, -0.15) is 5.10 Å². The second-order valence-electron chi connectivity index (χ2n) is 7.35. The van der Waals surface area contributed by atoms with Gasteiger partial charge in [-0.3, -0.25) is 9.78 Å². The van der Waals surface area contributed by atoms with Crippen molar-refractivity contribution in [3.63, 3.8) is 0 Å². The van der Waals surface area contributed by atoms with E-state index in [0.29, 0.717) is 5.92 Å². The van der Waals surface area contributed by atoms with Gasteiger partial charge in [0.05, 0.1) is 23.8 Å². The molecule has 0 atom stereocenters. The molecule has 0 unspecified atom stereocenters. The van der Waals surface area contributed by atoms with E-state index in [2.05, 4.69) is 21.2 Å². The van der Waals surface area contributed by atoms with Crippen LogP contribution in [0.15, 0.2) is 30.9 Å². The van der Waals surface area contributed by atoms with Crippen LogP contribution in [-0.2, 0) is 4.79 Å². The number of carbonyl (C=O) groups is 1. The summed E-state index contributed by atoms with van der Waals surface area (Å²) in [6.45, 7) is 1.75. The predicted octanol–water partition coefficient (Wildman–Crippen LogP) is 2.45. The van der Waals surface area contributed by atoms with Crippen molar-refractivity contribution < 1.29 is 4.79 Å².